The van der Waals surface area contributed by atoms with Gasteiger partial charge in [-0.3, -0.25) is 0 Å². The number of allylic oxidation sites excluding steroid dienone is 3. The van der Waals surface area contributed by atoms with Crippen molar-refractivity contribution < 1.29 is 9.47 Å². The Bertz CT molecular complexity index is 311. The van der Waals surface area contributed by atoms with E-state index in [1.807, 2.05) is 19.9 Å². The van der Waals surface area contributed by atoms with Gasteiger partial charge in [-0.1, -0.05) is 26.2 Å². The predicted molar refractivity (Wildman–Crippen MR) is 73.9 cm³/mol. The second kappa shape index (κ2) is 8.82. The molecule has 96 valence electrons. The molecule has 0 rings (SSSR count). The van der Waals surface area contributed by atoms with Gasteiger partial charge in [-0.05, 0) is 43.6 Å². The molecule has 0 heterocycles. The van der Waals surface area contributed by atoms with E-state index in [2.05, 4.69) is 20.1 Å². The predicted octanol–water partition coefficient (Wildman–Crippen LogP) is 4.02. The van der Waals surface area contributed by atoms with Gasteiger partial charge in [0.2, 0.25) is 0 Å². The molecule has 0 saturated carbocycles. The fraction of sp³-hybridized carbons (Fsp3) is 0.467. The molecule has 0 aromatic carbocycles. The van der Waals surface area contributed by atoms with E-state index in [1.54, 1.807) is 19.3 Å². The SMILES string of the molecule is C=C/C(=C\C(C)=C(/C=C)COC)OC(C)CC. The van der Waals surface area contributed by atoms with Crippen LogP contribution in [0.15, 0.2) is 48.3 Å². The minimum atomic E-state index is 0.196. The first kappa shape index (κ1) is 15.7. The minimum absolute atomic E-state index is 0.196. The molecule has 0 bridgehead atoms. The second-order valence-electron chi connectivity index (χ2n) is 3.93. The van der Waals surface area contributed by atoms with Crippen molar-refractivity contribution in [2.75, 3.05) is 13.7 Å². The van der Waals surface area contributed by atoms with Crippen molar-refractivity contribution in [2.45, 2.75) is 33.3 Å². The molecular formula is C15H24O2. The van der Waals surface area contributed by atoms with E-state index < -0.39 is 0 Å². The number of hydrogen-bond acceptors (Lipinski definition) is 2. The van der Waals surface area contributed by atoms with Gasteiger partial charge in [0.15, 0.2) is 0 Å². The van der Waals surface area contributed by atoms with Crippen molar-refractivity contribution in [3.63, 3.8) is 0 Å². The summed E-state index contributed by atoms with van der Waals surface area (Å²) in [5.41, 5.74) is 2.14. The fourth-order valence-electron chi connectivity index (χ4n) is 1.25. The van der Waals surface area contributed by atoms with Crippen LogP contribution in [-0.4, -0.2) is 19.8 Å². The molecule has 2 nitrogen and oxygen atoms in total. The Hall–Kier alpha value is -1.28. The molecule has 0 fully saturated rings. The Kier molecular flexibility index (Phi) is 8.16. The van der Waals surface area contributed by atoms with Crippen LogP contribution in [0, 0.1) is 0 Å². The van der Waals surface area contributed by atoms with E-state index in [1.165, 1.54) is 0 Å². The van der Waals surface area contributed by atoms with Crippen molar-refractivity contribution in [2.24, 2.45) is 0 Å². The molecule has 0 aromatic heterocycles. The molecular weight excluding hydrogens is 212 g/mol. The van der Waals surface area contributed by atoms with E-state index in [0.717, 1.165) is 23.3 Å². The third kappa shape index (κ3) is 6.12. The topological polar surface area (TPSA) is 18.5 Å². The quantitative estimate of drug-likeness (QED) is 0.468. The molecule has 1 atom stereocenters. The highest BCUT2D eigenvalue weighted by Crippen LogP contribution is 2.13. The Labute approximate surface area is 105 Å². The van der Waals surface area contributed by atoms with Gasteiger partial charge in [-0.15, -0.1) is 0 Å². The molecule has 1 unspecified atom stereocenters. The van der Waals surface area contributed by atoms with Gasteiger partial charge in [0.1, 0.15) is 5.76 Å². The lowest BCUT2D eigenvalue weighted by Gasteiger charge is -2.14. The number of rotatable bonds is 8. The summed E-state index contributed by atoms with van der Waals surface area (Å²) in [5, 5.41) is 0. The molecule has 17 heavy (non-hydrogen) atoms. The molecule has 0 aliphatic carbocycles. The molecule has 2 heteroatoms. The van der Waals surface area contributed by atoms with Crippen LogP contribution in [0.2, 0.25) is 0 Å². The lowest BCUT2D eigenvalue weighted by molar-refractivity contribution is 0.138. The summed E-state index contributed by atoms with van der Waals surface area (Å²) in [5.74, 6) is 0.785. The normalized spacial score (nSPS) is 14.9. The third-order valence-corrected chi connectivity index (χ3v) is 2.52. The molecule has 0 saturated heterocycles. The van der Waals surface area contributed by atoms with Gasteiger partial charge in [-0.25, -0.2) is 0 Å². The lowest BCUT2D eigenvalue weighted by Crippen LogP contribution is -2.05. The van der Waals surface area contributed by atoms with Gasteiger partial charge in [-0.2, -0.15) is 0 Å². The Morgan fingerprint density at radius 2 is 1.94 bits per heavy atom. The summed E-state index contributed by atoms with van der Waals surface area (Å²) in [7, 11) is 1.67. The standard InChI is InChI=1S/C15H24O2/c1-7-13(5)17-15(9-3)10-12(4)14(8-2)11-16-6/h8-10,13H,2-3,7,11H2,1,4-6H3/b14-12+,15-10+. The van der Waals surface area contributed by atoms with Crippen LogP contribution in [0.1, 0.15) is 27.2 Å². The van der Waals surface area contributed by atoms with Crippen LogP contribution in [0.5, 0.6) is 0 Å². The first-order valence-corrected chi connectivity index (χ1v) is 5.90. The average Bonchev–Trinajstić information content (AvgIpc) is 2.34. The Morgan fingerprint density at radius 3 is 2.35 bits per heavy atom. The zero-order valence-electron chi connectivity index (χ0n) is 11.5. The summed E-state index contributed by atoms with van der Waals surface area (Å²) >= 11 is 0. The zero-order valence-corrected chi connectivity index (χ0v) is 11.5. The van der Waals surface area contributed by atoms with Crippen LogP contribution in [0.3, 0.4) is 0 Å². The van der Waals surface area contributed by atoms with Crippen LogP contribution < -0.4 is 0 Å². The zero-order chi connectivity index (χ0) is 13.3. The van der Waals surface area contributed by atoms with Crippen molar-refractivity contribution in [1.29, 1.82) is 0 Å². The van der Waals surface area contributed by atoms with Gasteiger partial charge in [0, 0.05) is 7.11 Å². The van der Waals surface area contributed by atoms with E-state index in [0.29, 0.717) is 6.61 Å². The van der Waals surface area contributed by atoms with Crippen molar-refractivity contribution in [1.82, 2.24) is 0 Å². The summed E-state index contributed by atoms with van der Waals surface area (Å²) in [6.45, 7) is 14.2. The van der Waals surface area contributed by atoms with E-state index in [9.17, 15) is 0 Å². The molecule has 0 N–H and O–H groups in total. The monoisotopic (exact) mass is 236 g/mol. The van der Waals surface area contributed by atoms with Gasteiger partial charge >= 0.3 is 0 Å². The van der Waals surface area contributed by atoms with Crippen molar-refractivity contribution in [3.8, 4) is 0 Å². The van der Waals surface area contributed by atoms with Crippen molar-refractivity contribution in [3.05, 3.63) is 48.3 Å². The van der Waals surface area contributed by atoms with Crippen LogP contribution in [-0.2, 0) is 9.47 Å². The maximum absolute atomic E-state index is 5.73. The maximum Gasteiger partial charge on any atom is 0.119 e. The molecule has 0 aliphatic heterocycles. The number of ether oxygens (including phenoxy) is 2. The Balaban J connectivity index is 4.91. The lowest BCUT2D eigenvalue weighted by atomic mass is 10.1. The van der Waals surface area contributed by atoms with Crippen LogP contribution >= 0.6 is 0 Å². The van der Waals surface area contributed by atoms with E-state index in [-0.39, 0.29) is 6.10 Å². The highest BCUT2D eigenvalue weighted by Gasteiger charge is 2.02. The average molecular weight is 236 g/mol. The summed E-state index contributed by atoms with van der Waals surface area (Å²) in [4.78, 5) is 0. The largest absolute Gasteiger partial charge is 0.491 e. The smallest absolute Gasteiger partial charge is 0.119 e. The summed E-state index contributed by atoms with van der Waals surface area (Å²) < 4.78 is 10.8. The first-order chi connectivity index (χ1) is 8.08. The molecule has 0 aliphatic rings. The highest BCUT2D eigenvalue weighted by molar-refractivity contribution is 5.34. The highest BCUT2D eigenvalue weighted by atomic mass is 16.5. The number of hydrogen-bond donors (Lipinski definition) is 0. The fourth-order valence-corrected chi connectivity index (χ4v) is 1.25. The molecule has 0 spiro atoms. The molecule has 0 radical (unpaired) electrons. The van der Waals surface area contributed by atoms with E-state index >= 15 is 0 Å². The van der Waals surface area contributed by atoms with E-state index in [4.69, 9.17) is 9.47 Å². The number of methoxy groups -OCH3 is 1. The summed E-state index contributed by atoms with van der Waals surface area (Å²) in [6, 6.07) is 0. The molecule has 0 aromatic rings. The van der Waals surface area contributed by atoms with Gasteiger partial charge in [0.05, 0.1) is 12.7 Å². The Morgan fingerprint density at radius 1 is 1.29 bits per heavy atom. The second-order valence-corrected chi connectivity index (χ2v) is 3.93. The molecule has 0 amide bonds. The van der Waals surface area contributed by atoms with Gasteiger partial charge in [0.25, 0.3) is 0 Å². The van der Waals surface area contributed by atoms with Crippen LogP contribution in [0.25, 0.3) is 0 Å². The summed E-state index contributed by atoms with van der Waals surface area (Å²) in [6.07, 6.45) is 6.67. The third-order valence-electron chi connectivity index (χ3n) is 2.52. The maximum atomic E-state index is 5.73. The van der Waals surface area contributed by atoms with Gasteiger partial charge < -0.3 is 9.47 Å². The first-order valence-electron chi connectivity index (χ1n) is 5.90. The minimum Gasteiger partial charge on any atom is -0.491 e. The van der Waals surface area contributed by atoms with Crippen molar-refractivity contribution >= 4 is 0 Å². The van der Waals surface area contributed by atoms with Crippen LogP contribution in [0.4, 0.5) is 0 Å².